The number of para-hydroxylation sites is 1. The van der Waals surface area contributed by atoms with Crippen molar-refractivity contribution in [1.29, 1.82) is 0 Å². The summed E-state index contributed by atoms with van der Waals surface area (Å²) >= 11 is 0. The van der Waals surface area contributed by atoms with Crippen LogP contribution in [0, 0.1) is 0 Å². The van der Waals surface area contributed by atoms with E-state index in [-0.39, 0.29) is 57.6 Å². The summed E-state index contributed by atoms with van der Waals surface area (Å²) in [6.45, 7) is 0. The lowest BCUT2D eigenvalue weighted by molar-refractivity contribution is 1.18. The Morgan fingerprint density at radius 1 is 0.258 bits per heavy atom. The van der Waals surface area contributed by atoms with Gasteiger partial charge in [-0.15, -0.1) is 0 Å². The summed E-state index contributed by atoms with van der Waals surface area (Å²) in [5, 5.41) is 2.20. The summed E-state index contributed by atoms with van der Waals surface area (Å²) in [6.07, 6.45) is 0. The first-order valence-corrected chi connectivity index (χ1v) is 20.8. The molecular formula is C60H40N2. The molecule has 0 N–H and O–H groups in total. The van der Waals surface area contributed by atoms with Crippen molar-refractivity contribution in [2.75, 3.05) is 0 Å². The number of rotatable bonds is 7. The molecule has 2 heteroatoms. The van der Waals surface area contributed by atoms with E-state index in [9.17, 15) is 6.85 Å². The van der Waals surface area contributed by atoms with Crippen molar-refractivity contribution in [1.82, 2.24) is 9.13 Å². The average molecular weight is 796 g/mol. The lowest BCUT2D eigenvalue weighted by Gasteiger charge is -2.11. The molecule has 0 aliphatic rings. The zero-order valence-corrected chi connectivity index (χ0v) is 33.4. The van der Waals surface area contributed by atoms with E-state index in [2.05, 4.69) is 95.6 Å². The minimum absolute atomic E-state index is 0.0845. The molecule has 0 saturated heterocycles. The Balaban J connectivity index is 1.09. The van der Waals surface area contributed by atoms with Gasteiger partial charge in [-0.1, -0.05) is 170 Å². The number of benzene rings is 10. The zero-order chi connectivity index (χ0) is 47.1. The normalized spacial score (nSPS) is 13.1. The van der Waals surface area contributed by atoms with Crippen molar-refractivity contribution >= 4 is 43.6 Å². The van der Waals surface area contributed by atoms with Gasteiger partial charge in [-0.2, -0.15) is 0 Å². The quantitative estimate of drug-likeness (QED) is 0.152. The van der Waals surface area contributed by atoms with Gasteiger partial charge in [0.25, 0.3) is 0 Å². The monoisotopic (exact) mass is 795 g/mol. The maximum Gasteiger partial charge on any atom is 0.0645 e. The molecule has 290 valence electrons. The van der Waals surface area contributed by atoms with Crippen LogP contribution in [0.4, 0.5) is 0 Å². The fourth-order valence-electron chi connectivity index (χ4n) is 8.93. The molecule has 0 bridgehead atoms. The smallest absolute Gasteiger partial charge is 0.0645 e. The van der Waals surface area contributed by atoms with Crippen LogP contribution < -0.4 is 0 Å². The molecule has 0 amide bonds. The van der Waals surface area contributed by atoms with Gasteiger partial charge in [0.15, 0.2) is 0 Å². The summed E-state index contributed by atoms with van der Waals surface area (Å²) in [5.41, 5.74) is 13.0. The highest BCUT2D eigenvalue weighted by molar-refractivity contribution is 6.13. The minimum Gasteiger partial charge on any atom is -0.309 e. The molecule has 10 aromatic carbocycles. The van der Waals surface area contributed by atoms with Crippen LogP contribution in [-0.4, -0.2) is 9.13 Å². The van der Waals surface area contributed by atoms with Crippen molar-refractivity contribution in [3.05, 3.63) is 242 Å². The van der Waals surface area contributed by atoms with Crippen LogP contribution in [-0.2, 0) is 0 Å². The molecule has 12 aromatic rings. The molecule has 0 spiro atoms. The van der Waals surface area contributed by atoms with Gasteiger partial charge in [-0.3, -0.25) is 0 Å². The topological polar surface area (TPSA) is 9.86 Å². The second-order valence-corrected chi connectivity index (χ2v) is 15.6. The van der Waals surface area contributed by atoms with Crippen LogP contribution in [0.5, 0.6) is 0 Å². The van der Waals surface area contributed by atoms with Crippen molar-refractivity contribution in [3.63, 3.8) is 0 Å². The predicted molar refractivity (Wildman–Crippen MR) is 262 cm³/mol. The van der Waals surface area contributed by atoms with E-state index in [1.165, 1.54) is 0 Å². The second-order valence-electron chi connectivity index (χ2n) is 15.6. The number of nitrogens with zero attached hydrogens (tertiary/aromatic N) is 2. The van der Waals surface area contributed by atoms with Gasteiger partial charge < -0.3 is 9.13 Å². The van der Waals surface area contributed by atoms with Crippen LogP contribution in [0.15, 0.2) is 242 Å². The Kier molecular flexibility index (Phi) is 6.95. The van der Waals surface area contributed by atoms with Crippen LogP contribution in [0.3, 0.4) is 0 Å². The first kappa shape index (κ1) is 29.1. The summed E-state index contributed by atoms with van der Waals surface area (Å²) < 4.78 is 69.1. The van der Waals surface area contributed by atoms with E-state index in [0.29, 0.717) is 11.3 Å². The molecule has 0 fully saturated rings. The van der Waals surface area contributed by atoms with Crippen molar-refractivity contribution < 1.29 is 9.60 Å². The highest BCUT2D eigenvalue weighted by Gasteiger charge is 2.17. The van der Waals surface area contributed by atoms with Gasteiger partial charge in [0.05, 0.1) is 31.7 Å². The van der Waals surface area contributed by atoms with Crippen LogP contribution >= 0.6 is 0 Å². The lowest BCUT2D eigenvalue weighted by atomic mass is 9.97. The zero-order valence-electron chi connectivity index (χ0n) is 40.4. The fourth-order valence-corrected chi connectivity index (χ4v) is 8.93. The maximum absolute atomic E-state index is 9.97. The number of hydrogen-bond acceptors (Lipinski definition) is 0. The highest BCUT2D eigenvalue weighted by atomic mass is 15.0. The summed E-state index contributed by atoms with van der Waals surface area (Å²) in [4.78, 5) is 0. The number of aromatic nitrogens is 2. The lowest BCUT2D eigenvalue weighted by Crippen LogP contribution is -1.94. The summed E-state index contributed by atoms with van der Waals surface area (Å²) in [6, 6.07) is 65.7. The second kappa shape index (κ2) is 14.8. The maximum atomic E-state index is 9.97. The number of fused-ring (bicyclic) bond motifs is 6. The molecule has 0 aliphatic carbocycles. The molecule has 2 nitrogen and oxygen atoms in total. The Labute approximate surface area is 370 Å². The standard InChI is InChI=1S/C60H40N2/c1-4-13-41(14-5-1)44-23-30-51(31-24-44)61-57-22-11-10-21-53(57)54-38-49(28-34-58(54)61)50-29-36-60-56(40-50)55-39-48(47-20-12-19-46(37-47)43-17-8-3-9-18-43)27-35-59(55)62(60)52-32-25-45(26-33-52)42-15-6-2-7-16-42/h1-40H/i10D,11D,21D,22D,28D,34D,38D. The SMILES string of the molecule is [2H]c1c([2H])c([2H])c2c(c1[2H])c1c([2H])c(-c3ccc4c(c3)c3cc(-c5cccc(-c6ccccc6)c5)ccc3n4-c3ccc(-c4ccccc4)cc3)c([2H])c([2H])c1n2-c1ccc(-c2ccccc2)cc1. The molecular weight excluding hydrogens is 749 g/mol. The average Bonchev–Trinajstić information content (AvgIpc) is 3.94. The van der Waals surface area contributed by atoms with Gasteiger partial charge in [-0.25, -0.2) is 0 Å². The van der Waals surface area contributed by atoms with Gasteiger partial charge in [0.2, 0.25) is 0 Å². The predicted octanol–water partition coefficient (Wildman–Crippen LogP) is 16.2. The van der Waals surface area contributed by atoms with Crippen molar-refractivity contribution in [2.45, 2.75) is 0 Å². The van der Waals surface area contributed by atoms with Gasteiger partial charge in [0.1, 0.15) is 0 Å². The van der Waals surface area contributed by atoms with E-state index >= 15 is 0 Å². The van der Waals surface area contributed by atoms with Crippen LogP contribution in [0.25, 0.3) is 111 Å². The third-order valence-corrected chi connectivity index (χ3v) is 12.0. The van der Waals surface area contributed by atoms with E-state index in [1.54, 1.807) is 4.57 Å². The Morgan fingerprint density at radius 2 is 0.661 bits per heavy atom. The molecule has 0 radical (unpaired) electrons. The molecule has 0 aliphatic heterocycles. The molecule has 0 saturated carbocycles. The largest absolute Gasteiger partial charge is 0.309 e. The Morgan fingerprint density at radius 3 is 1.23 bits per heavy atom. The fraction of sp³-hybridized carbons (Fsp3) is 0. The van der Waals surface area contributed by atoms with Crippen LogP contribution in [0.2, 0.25) is 0 Å². The van der Waals surface area contributed by atoms with E-state index in [0.717, 1.165) is 72.0 Å². The Bertz CT molecular complexity index is 3990. The first-order chi connectivity index (χ1) is 33.7. The van der Waals surface area contributed by atoms with E-state index < -0.39 is 12.1 Å². The third-order valence-electron chi connectivity index (χ3n) is 12.0. The first-order valence-electron chi connectivity index (χ1n) is 24.3. The molecule has 2 heterocycles. The molecule has 0 atom stereocenters. The summed E-state index contributed by atoms with van der Waals surface area (Å²) in [5.74, 6) is 0. The van der Waals surface area contributed by atoms with Gasteiger partial charge in [0, 0.05) is 32.9 Å². The Hall–Kier alpha value is -8.20. The van der Waals surface area contributed by atoms with Gasteiger partial charge >= 0.3 is 0 Å². The highest BCUT2D eigenvalue weighted by Crippen LogP contribution is 2.40. The van der Waals surface area contributed by atoms with E-state index in [1.807, 2.05) is 109 Å². The molecule has 12 rings (SSSR count). The summed E-state index contributed by atoms with van der Waals surface area (Å²) in [7, 11) is 0. The minimum atomic E-state index is -0.426. The molecule has 62 heavy (non-hydrogen) atoms. The van der Waals surface area contributed by atoms with Crippen molar-refractivity contribution in [2.24, 2.45) is 0 Å². The third kappa shape index (κ3) is 6.12. The van der Waals surface area contributed by atoms with Gasteiger partial charge in [-0.05, 0) is 128 Å². The molecule has 0 unspecified atom stereocenters. The van der Waals surface area contributed by atoms with Crippen molar-refractivity contribution in [3.8, 4) is 67.0 Å². The number of hydrogen-bond donors (Lipinski definition) is 0. The van der Waals surface area contributed by atoms with E-state index in [4.69, 9.17) is 2.74 Å². The molecule has 2 aromatic heterocycles. The van der Waals surface area contributed by atoms with Crippen LogP contribution in [0.1, 0.15) is 9.60 Å².